The molecule has 0 spiro atoms. The Balaban J connectivity index is 1.98. The summed E-state index contributed by atoms with van der Waals surface area (Å²) >= 11 is 0. The molecule has 0 aliphatic carbocycles. The van der Waals surface area contributed by atoms with Crippen molar-refractivity contribution in [2.45, 2.75) is 25.4 Å². The molecule has 0 amide bonds. The lowest BCUT2D eigenvalue weighted by Crippen LogP contribution is -2.14. The molecule has 3 aromatic rings. The van der Waals surface area contributed by atoms with Crippen molar-refractivity contribution in [1.82, 2.24) is 15.0 Å². The molecule has 0 fully saturated rings. The van der Waals surface area contributed by atoms with Crippen LogP contribution in [0.25, 0.3) is 11.1 Å². The summed E-state index contributed by atoms with van der Waals surface area (Å²) < 4.78 is 65.4. The Morgan fingerprint density at radius 2 is 1.88 bits per heavy atom. The molecule has 0 aliphatic rings. The number of halogens is 5. The lowest BCUT2D eigenvalue weighted by atomic mass is 9.93. The standard InChI is InChI=1S/C22H20F5N7/c1-2-14(11(7-28)8-31-17-4-3-13(23)5-16(17)24)18-6-15(19(34-18)20(29)30)12-9-32-21(33-10-12)22(25,26)27/h3-10,14,34H,2,28H2,1H3,(H3,29,30). The van der Waals surface area contributed by atoms with Crippen molar-refractivity contribution in [2.75, 3.05) is 0 Å². The van der Waals surface area contributed by atoms with Gasteiger partial charge >= 0.3 is 6.18 Å². The first-order chi connectivity index (χ1) is 16.0. The molecule has 2 aromatic heterocycles. The summed E-state index contributed by atoms with van der Waals surface area (Å²) in [7, 11) is 0. The van der Waals surface area contributed by atoms with Gasteiger partial charge in [-0.1, -0.05) is 6.92 Å². The predicted octanol–water partition coefficient (Wildman–Crippen LogP) is 4.79. The van der Waals surface area contributed by atoms with E-state index >= 15 is 0 Å². The van der Waals surface area contributed by atoms with Crippen LogP contribution >= 0.6 is 0 Å². The van der Waals surface area contributed by atoms with E-state index in [-0.39, 0.29) is 22.8 Å². The molecule has 0 radical (unpaired) electrons. The van der Waals surface area contributed by atoms with Crippen LogP contribution in [0.15, 0.2) is 53.4 Å². The van der Waals surface area contributed by atoms with Crippen molar-refractivity contribution in [2.24, 2.45) is 16.5 Å². The molecule has 6 N–H and O–H groups in total. The molecule has 1 unspecified atom stereocenters. The van der Waals surface area contributed by atoms with Gasteiger partial charge in [-0.2, -0.15) is 13.2 Å². The molecule has 12 heteroatoms. The third kappa shape index (κ3) is 5.27. The molecular weight excluding hydrogens is 457 g/mol. The number of aromatic amines is 1. The number of nitrogens with one attached hydrogen (secondary N) is 2. The smallest absolute Gasteiger partial charge is 0.404 e. The molecule has 0 saturated heterocycles. The monoisotopic (exact) mass is 477 g/mol. The summed E-state index contributed by atoms with van der Waals surface area (Å²) in [6, 6.07) is 4.56. The second kappa shape index (κ2) is 9.81. The van der Waals surface area contributed by atoms with Gasteiger partial charge < -0.3 is 16.5 Å². The van der Waals surface area contributed by atoms with Crippen molar-refractivity contribution in [3.8, 4) is 11.1 Å². The van der Waals surface area contributed by atoms with Gasteiger partial charge in [0.25, 0.3) is 0 Å². The van der Waals surface area contributed by atoms with Crippen LogP contribution in [0, 0.1) is 17.0 Å². The van der Waals surface area contributed by atoms with Gasteiger partial charge in [0, 0.05) is 47.4 Å². The Hall–Kier alpha value is -4.09. The maximum atomic E-state index is 13.9. The number of hydrogen-bond acceptors (Lipinski definition) is 5. The van der Waals surface area contributed by atoms with Crippen LogP contribution in [-0.2, 0) is 6.18 Å². The molecule has 1 atom stereocenters. The average molecular weight is 477 g/mol. The minimum atomic E-state index is -4.69. The highest BCUT2D eigenvalue weighted by molar-refractivity contribution is 6.00. The number of rotatable bonds is 7. The largest absolute Gasteiger partial charge is 0.451 e. The Morgan fingerprint density at radius 1 is 1.21 bits per heavy atom. The number of nitrogens with zero attached hydrogens (tertiary/aromatic N) is 3. The fourth-order valence-electron chi connectivity index (χ4n) is 3.33. The summed E-state index contributed by atoms with van der Waals surface area (Å²) in [6.45, 7) is 1.84. The van der Waals surface area contributed by atoms with E-state index in [1.807, 2.05) is 6.92 Å². The van der Waals surface area contributed by atoms with E-state index in [4.69, 9.17) is 16.9 Å². The molecule has 0 bridgehead atoms. The Bertz CT molecular complexity index is 1240. The molecule has 7 nitrogen and oxygen atoms in total. The molecule has 1 aromatic carbocycles. The number of alkyl halides is 3. The van der Waals surface area contributed by atoms with Gasteiger partial charge in [-0.3, -0.25) is 10.4 Å². The van der Waals surface area contributed by atoms with Crippen molar-refractivity contribution in [3.05, 3.63) is 77.3 Å². The summed E-state index contributed by atoms with van der Waals surface area (Å²) in [5, 5.41) is 7.85. The topological polar surface area (TPSA) is 130 Å². The van der Waals surface area contributed by atoms with Gasteiger partial charge in [-0.25, -0.2) is 18.7 Å². The average Bonchev–Trinajstić information content (AvgIpc) is 3.22. The highest BCUT2D eigenvalue weighted by Gasteiger charge is 2.34. The van der Waals surface area contributed by atoms with Crippen LogP contribution in [0.3, 0.4) is 0 Å². The fourth-order valence-corrected chi connectivity index (χ4v) is 3.33. The number of nitrogens with two attached hydrogens (primary N) is 2. The lowest BCUT2D eigenvalue weighted by Gasteiger charge is -2.14. The Kier molecular flexibility index (Phi) is 7.08. The van der Waals surface area contributed by atoms with Gasteiger partial charge in [0.15, 0.2) is 5.82 Å². The molecule has 0 saturated carbocycles. The molecule has 34 heavy (non-hydrogen) atoms. The van der Waals surface area contributed by atoms with Crippen LogP contribution < -0.4 is 11.5 Å². The predicted molar refractivity (Wildman–Crippen MR) is 118 cm³/mol. The van der Waals surface area contributed by atoms with Crippen molar-refractivity contribution < 1.29 is 22.0 Å². The Morgan fingerprint density at radius 3 is 2.41 bits per heavy atom. The quantitative estimate of drug-likeness (QED) is 0.221. The van der Waals surface area contributed by atoms with Crippen LogP contribution in [-0.4, -0.2) is 27.0 Å². The number of aromatic nitrogens is 3. The summed E-state index contributed by atoms with van der Waals surface area (Å²) in [5.74, 6) is -3.64. The third-order valence-electron chi connectivity index (χ3n) is 4.97. The molecular formula is C22H20F5N7. The second-order valence-electron chi connectivity index (χ2n) is 7.20. The SMILES string of the molecule is CCC(C(C=Nc1ccc(F)cc1F)=CN)c1cc(-c2cnc(C(F)(F)F)nc2)c(C(=N)N)[nH]1. The van der Waals surface area contributed by atoms with E-state index in [1.54, 1.807) is 6.07 Å². The first-order valence-corrected chi connectivity index (χ1v) is 9.93. The first-order valence-electron chi connectivity index (χ1n) is 9.93. The number of amidine groups is 1. The van der Waals surface area contributed by atoms with Crippen molar-refractivity contribution in [1.29, 1.82) is 5.41 Å². The van der Waals surface area contributed by atoms with Gasteiger partial charge in [-0.15, -0.1) is 0 Å². The minimum absolute atomic E-state index is 0.0888. The highest BCUT2D eigenvalue weighted by atomic mass is 19.4. The third-order valence-corrected chi connectivity index (χ3v) is 4.97. The normalized spacial score (nSPS) is 13.4. The van der Waals surface area contributed by atoms with Crippen molar-refractivity contribution in [3.63, 3.8) is 0 Å². The zero-order valence-electron chi connectivity index (χ0n) is 17.8. The molecule has 178 valence electrons. The molecule has 0 aliphatic heterocycles. The fraction of sp³-hybridized carbons (Fsp3) is 0.182. The maximum Gasteiger partial charge on any atom is 0.451 e. The zero-order valence-corrected chi connectivity index (χ0v) is 17.8. The zero-order chi connectivity index (χ0) is 25.0. The first kappa shape index (κ1) is 24.6. The van der Waals surface area contributed by atoms with Gasteiger partial charge in [-0.05, 0) is 36.4 Å². The number of H-pyrrole nitrogens is 1. The number of allylic oxidation sites excluding steroid dienone is 1. The van der Waals surface area contributed by atoms with Crippen LogP contribution in [0.1, 0.15) is 36.5 Å². The van der Waals surface area contributed by atoms with Crippen LogP contribution in [0.5, 0.6) is 0 Å². The number of nitrogen functional groups attached to an aromatic ring is 1. The second-order valence-corrected chi connectivity index (χ2v) is 7.20. The maximum absolute atomic E-state index is 13.9. The number of aliphatic imine (C=N–C) groups is 1. The van der Waals surface area contributed by atoms with E-state index in [1.165, 1.54) is 18.5 Å². The van der Waals surface area contributed by atoms with Gasteiger partial charge in [0.2, 0.25) is 5.82 Å². The van der Waals surface area contributed by atoms with E-state index in [9.17, 15) is 22.0 Å². The Labute approximate surface area is 191 Å². The van der Waals surface area contributed by atoms with Crippen LogP contribution in [0.2, 0.25) is 0 Å². The van der Waals surface area contributed by atoms with E-state index in [2.05, 4.69) is 19.9 Å². The lowest BCUT2D eigenvalue weighted by molar-refractivity contribution is -0.144. The van der Waals surface area contributed by atoms with Crippen molar-refractivity contribution >= 4 is 17.7 Å². The van der Waals surface area contributed by atoms with E-state index in [0.717, 1.165) is 18.5 Å². The summed E-state index contributed by atoms with van der Waals surface area (Å²) in [4.78, 5) is 13.8. The van der Waals surface area contributed by atoms with Gasteiger partial charge in [0.05, 0.1) is 11.4 Å². The number of benzene rings is 1. The molecule has 3 rings (SSSR count). The summed E-state index contributed by atoms with van der Waals surface area (Å²) in [6.07, 6.45) is 0.391. The highest BCUT2D eigenvalue weighted by Crippen LogP contribution is 2.33. The summed E-state index contributed by atoms with van der Waals surface area (Å²) in [5.41, 5.74) is 13.1. The van der Waals surface area contributed by atoms with Gasteiger partial charge in [0.1, 0.15) is 11.7 Å². The molecule has 2 heterocycles. The number of hydrogen-bond donors (Lipinski definition) is 4. The van der Waals surface area contributed by atoms with E-state index < -0.39 is 29.6 Å². The van der Waals surface area contributed by atoms with E-state index in [0.29, 0.717) is 29.3 Å². The minimum Gasteiger partial charge on any atom is -0.404 e. The van der Waals surface area contributed by atoms with Crippen LogP contribution in [0.4, 0.5) is 27.6 Å².